The molecule has 5 aromatic rings. The van der Waals surface area contributed by atoms with E-state index in [1.807, 2.05) is 82.3 Å². The summed E-state index contributed by atoms with van der Waals surface area (Å²) in [5.41, 5.74) is 5.94. The van der Waals surface area contributed by atoms with Gasteiger partial charge in [-0.05, 0) is 74.7 Å². The Balaban J connectivity index is 1.74. The third kappa shape index (κ3) is 5.59. The van der Waals surface area contributed by atoms with E-state index in [1.165, 1.54) is 11.3 Å². The Bertz CT molecular complexity index is 1710. The second-order valence-electron chi connectivity index (χ2n) is 10.5. The van der Waals surface area contributed by atoms with Gasteiger partial charge in [-0.1, -0.05) is 41.9 Å². The van der Waals surface area contributed by atoms with Gasteiger partial charge in [0.1, 0.15) is 10.8 Å². The van der Waals surface area contributed by atoms with Crippen LogP contribution in [0.3, 0.4) is 0 Å². The van der Waals surface area contributed by atoms with Crippen molar-refractivity contribution in [3.8, 4) is 38.6 Å². The molecule has 0 saturated carbocycles. The van der Waals surface area contributed by atoms with E-state index in [0.717, 1.165) is 54.4 Å². The van der Waals surface area contributed by atoms with Crippen molar-refractivity contribution in [3.05, 3.63) is 89.2 Å². The second-order valence-corrected chi connectivity index (χ2v) is 11.9. The van der Waals surface area contributed by atoms with Crippen molar-refractivity contribution in [1.29, 1.82) is 0 Å². The fourth-order valence-electron chi connectivity index (χ4n) is 4.76. The van der Waals surface area contributed by atoms with E-state index in [-0.39, 0.29) is 0 Å². The number of benzene rings is 3. The molecule has 2 heterocycles. The lowest BCUT2D eigenvalue weighted by Gasteiger charge is -2.28. The summed E-state index contributed by atoms with van der Waals surface area (Å²) in [6, 6.07) is 19.3. The number of halogens is 1. The first-order chi connectivity index (χ1) is 19.1. The van der Waals surface area contributed by atoms with E-state index >= 15 is 0 Å². The van der Waals surface area contributed by atoms with Crippen molar-refractivity contribution in [2.24, 2.45) is 0 Å². The van der Waals surface area contributed by atoms with Gasteiger partial charge in [-0.25, -0.2) is 9.78 Å². The molecule has 2 aromatic heterocycles. The predicted molar refractivity (Wildman–Crippen MR) is 161 cm³/mol. The summed E-state index contributed by atoms with van der Waals surface area (Å²) in [5, 5.41) is 11.7. The van der Waals surface area contributed by atoms with Crippen LogP contribution in [0, 0.1) is 6.92 Å². The normalized spacial score (nSPS) is 12.4. The molecule has 6 nitrogen and oxygen atoms in total. The zero-order valence-corrected chi connectivity index (χ0v) is 24.4. The van der Waals surface area contributed by atoms with Crippen molar-refractivity contribution in [2.75, 3.05) is 7.11 Å². The molecule has 0 aliphatic heterocycles. The lowest BCUT2D eigenvalue weighted by molar-refractivity contribution is -0.160. The third-order valence-corrected chi connectivity index (χ3v) is 7.83. The van der Waals surface area contributed by atoms with Crippen molar-refractivity contribution in [1.82, 2.24) is 9.97 Å². The molecule has 0 radical (unpaired) electrons. The minimum absolute atomic E-state index is 0.600. The predicted octanol–water partition coefficient (Wildman–Crippen LogP) is 8.60. The number of rotatable bonds is 7. The van der Waals surface area contributed by atoms with E-state index in [9.17, 15) is 9.90 Å². The summed E-state index contributed by atoms with van der Waals surface area (Å²) in [7, 11) is 1.64. The van der Waals surface area contributed by atoms with Gasteiger partial charge in [0.2, 0.25) is 0 Å². The van der Waals surface area contributed by atoms with Gasteiger partial charge < -0.3 is 14.6 Å². The molecule has 40 heavy (non-hydrogen) atoms. The number of thiazole rings is 1. The highest BCUT2D eigenvalue weighted by molar-refractivity contribution is 7.22. The van der Waals surface area contributed by atoms with Crippen molar-refractivity contribution >= 4 is 39.1 Å². The largest absolute Gasteiger partial charge is 0.496 e. The Kier molecular flexibility index (Phi) is 7.64. The van der Waals surface area contributed by atoms with Gasteiger partial charge in [0.15, 0.2) is 6.10 Å². The summed E-state index contributed by atoms with van der Waals surface area (Å²) in [6.07, 6.45) is 2.32. The number of aromatic nitrogens is 2. The van der Waals surface area contributed by atoms with Gasteiger partial charge in [0, 0.05) is 39.7 Å². The number of carbonyl (C=O) groups is 1. The Morgan fingerprint density at radius 2 is 1.75 bits per heavy atom. The maximum Gasteiger partial charge on any atom is 0.337 e. The summed E-state index contributed by atoms with van der Waals surface area (Å²) in [5.74, 6) is -0.309. The van der Waals surface area contributed by atoms with Crippen LogP contribution in [-0.4, -0.2) is 33.8 Å². The SMILES string of the molecule is COc1ccncc1-c1cccc(-c2nc3cc(C)c([C@H](OC(C)(C)C)C(=O)O)c(-c4ccc(Cl)cc4)c3s2)c1. The Morgan fingerprint density at radius 3 is 2.42 bits per heavy atom. The molecule has 0 bridgehead atoms. The summed E-state index contributed by atoms with van der Waals surface area (Å²) >= 11 is 7.74. The fraction of sp³-hybridized carbons (Fsp3) is 0.219. The first kappa shape index (κ1) is 27.8. The van der Waals surface area contributed by atoms with Crippen molar-refractivity contribution in [3.63, 3.8) is 0 Å². The number of carboxylic acids is 1. The Labute approximate surface area is 242 Å². The first-order valence-electron chi connectivity index (χ1n) is 12.7. The molecule has 0 aliphatic rings. The first-order valence-corrected chi connectivity index (χ1v) is 13.9. The minimum Gasteiger partial charge on any atom is -0.496 e. The molecule has 204 valence electrons. The van der Waals surface area contributed by atoms with Crippen molar-refractivity contribution in [2.45, 2.75) is 39.4 Å². The summed E-state index contributed by atoms with van der Waals surface area (Å²) in [4.78, 5) is 21.9. The van der Waals surface area contributed by atoms with Crippen LogP contribution >= 0.6 is 22.9 Å². The number of aliphatic carboxylic acids is 1. The molecule has 5 rings (SSSR count). The smallest absolute Gasteiger partial charge is 0.337 e. The lowest BCUT2D eigenvalue weighted by Crippen LogP contribution is -2.28. The third-order valence-electron chi connectivity index (χ3n) is 6.44. The van der Waals surface area contributed by atoms with Gasteiger partial charge in [-0.3, -0.25) is 4.98 Å². The van der Waals surface area contributed by atoms with Crippen LogP contribution < -0.4 is 4.74 Å². The highest BCUT2D eigenvalue weighted by atomic mass is 35.5. The maximum atomic E-state index is 12.6. The van der Waals surface area contributed by atoms with E-state index in [4.69, 9.17) is 26.1 Å². The fourth-order valence-corrected chi connectivity index (χ4v) is 6.01. The number of ether oxygens (including phenoxy) is 2. The van der Waals surface area contributed by atoms with E-state index in [2.05, 4.69) is 11.1 Å². The molecule has 0 unspecified atom stereocenters. The molecule has 0 saturated heterocycles. The van der Waals surface area contributed by atoms with Crippen LogP contribution in [0.1, 0.15) is 38.0 Å². The molecule has 1 N–H and O–H groups in total. The van der Waals surface area contributed by atoms with Crippen LogP contribution in [0.5, 0.6) is 5.75 Å². The van der Waals surface area contributed by atoms with Gasteiger partial charge in [-0.2, -0.15) is 0 Å². The maximum absolute atomic E-state index is 12.6. The molecule has 1 atom stereocenters. The number of aryl methyl sites for hydroxylation is 1. The van der Waals surface area contributed by atoms with Crippen LogP contribution in [0.2, 0.25) is 5.02 Å². The van der Waals surface area contributed by atoms with E-state index in [1.54, 1.807) is 19.5 Å². The number of methoxy groups -OCH3 is 1. The number of fused-ring (bicyclic) bond motifs is 1. The summed E-state index contributed by atoms with van der Waals surface area (Å²) in [6.45, 7) is 7.47. The zero-order valence-electron chi connectivity index (χ0n) is 22.9. The number of hydrogen-bond donors (Lipinski definition) is 1. The molecule has 0 aliphatic carbocycles. The molecular formula is C32H29ClN2O4S. The molecule has 3 aromatic carbocycles. The van der Waals surface area contributed by atoms with E-state index < -0.39 is 17.7 Å². The van der Waals surface area contributed by atoms with Crippen LogP contribution in [0.15, 0.2) is 73.1 Å². The summed E-state index contributed by atoms with van der Waals surface area (Å²) < 4.78 is 12.5. The average molecular weight is 573 g/mol. The van der Waals surface area contributed by atoms with Gasteiger partial charge >= 0.3 is 5.97 Å². The molecule has 8 heteroatoms. The van der Waals surface area contributed by atoms with Crippen molar-refractivity contribution < 1.29 is 19.4 Å². The quantitative estimate of drug-likeness (QED) is 0.210. The van der Waals surface area contributed by atoms with Gasteiger partial charge in [0.05, 0.1) is 22.9 Å². The standard InChI is InChI=1S/C32H29ClN2O4S/c1-18-15-24-29(27(19-9-11-22(33)12-10-19)26(18)28(31(36)37)39-32(2,3)4)40-30(35-24)21-8-6-7-20(16-21)23-17-34-14-13-25(23)38-5/h6-17,28H,1-5H3,(H,36,37)/t28-/m0/s1. The van der Waals surface area contributed by atoms with Crippen LogP contribution in [-0.2, 0) is 9.53 Å². The Morgan fingerprint density at radius 1 is 1.02 bits per heavy atom. The molecule has 0 spiro atoms. The number of carboxylic acid groups (broad SMARTS) is 1. The highest BCUT2D eigenvalue weighted by Gasteiger charge is 2.32. The zero-order chi connectivity index (χ0) is 28.6. The Hall–Kier alpha value is -3.78. The number of hydrogen-bond acceptors (Lipinski definition) is 6. The number of nitrogens with zero attached hydrogens (tertiary/aromatic N) is 2. The number of pyridine rings is 1. The van der Waals surface area contributed by atoms with E-state index in [0.29, 0.717) is 10.6 Å². The van der Waals surface area contributed by atoms with Gasteiger partial charge in [0.25, 0.3) is 0 Å². The van der Waals surface area contributed by atoms with Gasteiger partial charge in [-0.15, -0.1) is 11.3 Å². The minimum atomic E-state index is -1.16. The monoisotopic (exact) mass is 572 g/mol. The molecular weight excluding hydrogens is 544 g/mol. The highest BCUT2D eigenvalue weighted by Crippen LogP contribution is 2.45. The average Bonchev–Trinajstić information content (AvgIpc) is 3.35. The molecule has 0 amide bonds. The lowest BCUT2D eigenvalue weighted by atomic mass is 9.91. The topological polar surface area (TPSA) is 81.5 Å². The van der Waals surface area contributed by atoms with Crippen LogP contribution in [0.25, 0.3) is 43.0 Å². The second kappa shape index (κ2) is 11.0. The molecule has 0 fully saturated rings. The van der Waals surface area contributed by atoms with Crippen LogP contribution in [0.4, 0.5) is 0 Å².